The van der Waals surface area contributed by atoms with Crippen LogP contribution >= 0.6 is 0 Å². The number of nitrogens with one attached hydrogen (secondary N) is 1. The first-order valence-electron chi connectivity index (χ1n) is 5.53. The zero-order valence-electron chi connectivity index (χ0n) is 10.6. The highest BCUT2D eigenvalue weighted by molar-refractivity contribution is 7.89. The number of carboxylic acid groups (broad SMARTS) is 1. The van der Waals surface area contributed by atoms with E-state index >= 15 is 0 Å². The average molecular weight is 271 g/mol. The quantitative estimate of drug-likeness (QED) is 0.849. The van der Waals surface area contributed by atoms with E-state index in [4.69, 9.17) is 5.11 Å². The Bertz CT molecular complexity index is 531. The molecule has 0 aromatic heterocycles. The number of aliphatic carboxylic acids is 1. The summed E-state index contributed by atoms with van der Waals surface area (Å²) in [5.41, 5.74) is 1.70. The smallest absolute Gasteiger partial charge is 0.304 e. The molecule has 2 N–H and O–H groups in total. The molecular weight excluding hydrogens is 254 g/mol. The number of carboxylic acids is 1. The lowest BCUT2D eigenvalue weighted by Crippen LogP contribution is -2.34. The number of hydrogen-bond donors (Lipinski definition) is 2. The van der Waals surface area contributed by atoms with Crippen molar-refractivity contribution in [2.45, 2.75) is 38.1 Å². The minimum absolute atomic E-state index is 0.164. The van der Waals surface area contributed by atoms with Gasteiger partial charge in [0.15, 0.2) is 0 Å². The van der Waals surface area contributed by atoms with Crippen molar-refractivity contribution in [3.8, 4) is 0 Å². The maximum absolute atomic E-state index is 12.0. The van der Waals surface area contributed by atoms with Crippen molar-refractivity contribution in [3.05, 3.63) is 29.3 Å². The Kier molecular flexibility index (Phi) is 4.48. The van der Waals surface area contributed by atoms with E-state index in [1.54, 1.807) is 12.1 Å². The molecule has 0 saturated heterocycles. The van der Waals surface area contributed by atoms with Gasteiger partial charge in [0.2, 0.25) is 10.0 Å². The molecule has 0 heterocycles. The first-order valence-corrected chi connectivity index (χ1v) is 7.01. The van der Waals surface area contributed by atoms with Crippen LogP contribution in [0.2, 0.25) is 0 Å². The molecule has 1 aromatic carbocycles. The summed E-state index contributed by atoms with van der Waals surface area (Å²) in [4.78, 5) is 10.7. The third-order valence-corrected chi connectivity index (χ3v) is 3.91. The van der Waals surface area contributed by atoms with Gasteiger partial charge in [-0.2, -0.15) is 0 Å². The van der Waals surface area contributed by atoms with Crippen molar-refractivity contribution in [1.82, 2.24) is 4.72 Å². The Labute approximate surface area is 107 Å². The Morgan fingerprint density at radius 2 is 1.78 bits per heavy atom. The summed E-state index contributed by atoms with van der Waals surface area (Å²) in [5.74, 6) is -1.04. The maximum atomic E-state index is 12.0. The number of aryl methyl sites for hydroxylation is 2. The Morgan fingerprint density at radius 1 is 1.28 bits per heavy atom. The molecule has 0 aliphatic heterocycles. The van der Waals surface area contributed by atoms with Gasteiger partial charge < -0.3 is 5.11 Å². The van der Waals surface area contributed by atoms with Crippen LogP contribution in [0.3, 0.4) is 0 Å². The molecule has 0 aliphatic carbocycles. The highest BCUT2D eigenvalue weighted by atomic mass is 32.2. The highest BCUT2D eigenvalue weighted by Crippen LogP contribution is 2.14. The van der Waals surface area contributed by atoms with Gasteiger partial charge in [-0.3, -0.25) is 4.79 Å². The van der Waals surface area contributed by atoms with Crippen LogP contribution < -0.4 is 4.72 Å². The van der Waals surface area contributed by atoms with Gasteiger partial charge >= 0.3 is 5.97 Å². The van der Waals surface area contributed by atoms with E-state index in [2.05, 4.69) is 4.72 Å². The predicted octanol–water partition coefficient (Wildman–Crippen LogP) is 1.44. The lowest BCUT2D eigenvalue weighted by molar-refractivity contribution is -0.137. The second-order valence-corrected chi connectivity index (χ2v) is 6.16. The molecule has 0 amide bonds. The minimum atomic E-state index is -3.66. The predicted molar refractivity (Wildman–Crippen MR) is 68.0 cm³/mol. The number of benzene rings is 1. The number of hydrogen-bond acceptors (Lipinski definition) is 3. The molecule has 18 heavy (non-hydrogen) atoms. The van der Waals surface area contributed by atoms with Crippen LogP contribution in [-0.4, -0.2) is 25.5 Å². The van der Waals surface area contributed by atoms with Crippen LogP contribution in [0.4, 0.5) is 0 Å². The van der Waals surface area contributed by atoms with Crippen molar-refractivity contribution in [2.75, 3.05) is 0 Å². The monoisotopic (exact) mass is 271 g/mol. The summed E-state index contributed by atoms with van der Waals surface area (Å²) in [5, 5.41) is 8.60. The van der Waals surface area contributed by atoms with Crippen LogP contribution in [0.25, 0.3) is 0 Å². The fourth-order valence-electron chi connectivity index (χ4n) is 1.72. The Balaban J connectivity index is 2.96. The lowest BCUT2D eigenvalue weighted by Gasteiger charge is -2.13. The van der Waals surface area contributed by atoms with E-state index < -0.39 is 22.0 Å². The minimum Gasteiger partial charge on any atom is -0.481 e. The molecule has 100 valence electrons. The molecule has 1 atom stereocenters. The van der Waals surface area contributed by atoms with Gasteiger partial charge in [-0.05, 0) is 44.0 Å². The fraction of sp³-hybridized carbons (Fsp3) is 0.417. The normalized spacial score (nSPS) is 13.3. The van der Waals surface area contributed by atoms with Crippen molar-refractivity contribution in [3.63, 3.8) is 0 Å². The van der Waals surface area contributed by atoms with Crippen molar-refractivity contribution in [2.24, 2.45) is 0 Å². The van der Waals surface area contributed by atoms with E-state index in [0.717, 1.165) is 11.1 Å². The number of carbonyl (C=O) groups is 1. The van der Waals surface area contributed by atoms with Gasteiger partial charge in [0.1, 0.15) is 0 Å². The summed E-state index contributed by atoms with van der Waals surface area (Å²) < 4.78 is 26.4. The molecule has 0 spiro atoms. The summed E-state index contributed by atoms with van der Waals surface area (Å²) in [6, 6.07) is 4.35. The zero-order chi connectivity index (χ0) is 13.9. The molecule has 0 fully saturated rings. The second kappa shape index (κ2) is 5.49. The topological polar surface area (TPSA) is 83.5 Å². The summed E-state index contributed by atoms with van der Waals surface area (Å²) >= 11 is 0. The van der Waals surface area contributed by atoms with Crippen LogP contribution in [0.1, 0.15) is 24.5 Å². The molecule has 1 aromatic rings. The molecule has 1 rings (SSSR count). The first-order chi connectivity index (χ1) is 8.20. The van der Waals surface area contributed by atoms with Crippen LogP contribution in [0, 0.1) is 13.8 Å². The standard InChI is InChI=1S/C12H17NO4S/c1-8-4-9(2)6-11(5-8)18(16,17)13-10(3)7-12(14)15/h4-6,10,13H,7H2,1-3H3,(H,14,15). The van der Waals surface area contributed by atoms with Crippen LogP contribution in [0.15, 0.2) is 23.1 Å². The largest absolute Gasteiger partial charge is 0.481 e. The Morgan fingerprint density at radius 3 is 2.22 bits per heavy atom. The van der Waals surface area contributed by atoms with Gasteiger partial charge in [-0.1, -0.05) is 6.07 Å². The number of sulfonamides is 1. The molecule has 0 aliphatic rings. The molecule has 0 saturated carbocycles. The van der Waals surface area contributed by atoms with E-state index in [9.17, 15) is 13.2 Å². The van der Waals surface area contributed by atoms with Crippen molar-refractivity contribution < 1.29 is 18.3 Å². The maximum Gasteiger partial charge on any atom is 0.304 e. The number of rotatable bonds is 5. The molecule has 6 heteroatoms. The molecular formula is C12H17NO4S. The third kappa shape index (κ3) is 4.12. The van der Waals surface area contributed by atoms with Crippen molar-refractivity contribution in [1.29, 1.82) is 0 Å². The van der Waals surface area contributed by atoms with Gasteiger partial charge in [-0.15, -0.1) is 0 Å². The van der Waals surface area contributed by atoms with Crippen molar-refractivity contribution >= 4 is 16.0 Å². The van der Waals surface area contributed by atoms with Gasteiger partial charge in [0.25, 0.3) is 0 Å². The fourth-order valence-corrected chi connectivity index (χ4v) is 3.16. The SMILES string of the molecule is Cc1cc(C)cc(S(=O)(=O)NC(C)CC(=O)O)c1. The van der Waals surface area contributed by atoms with Crippen LogP contribution in [0.5, 0.6) is 0 Å². The van der Waals surface area contributed by atoms with Gasteiger partial charge in [0, 0.05) is 6.04 Å². The lowest BCUT2D eigenvalue weighted by atomic mass is 10.2. The zero-order valence-corrected chi connectivity index (χ0v) is 11.4. The van der Waals surface area contributed by atoms with Gasteiger partial charge in [-0.25, -0.2) is 13.1 Å². The van der Waals surface area contributed by atoms with E-state index in [1.165, 1.54) is 6.92 Å². The highest BCUT2D eigenvalue weighted by Gasteiger charge is 2.19. The summed E-state index contributed by atoms with van der Waals surface area (Å²) in [6.07, 6.45) is -0.246. The molecule has 0 radical (unpaired) electrons. The van der Waals surface area contributed by atoms with E-state index in [1.807, 2.05) is 19.9 Å². The van der Waals surface area contributed by atoms with Gasteiger partial charge in [0.05, 0.1) is 11.3 Å². The van der Waals surface area contributed by atoms with E-state index in [-0.39, 0.29) is 11.3 Å². The third-order valence-electron chi connectivity index (χ3n) is 2.34. The molecule has 1 unspecified atom stereocenters. The summed E-state index contributed by atoms with van der Waals surface area (Å²) in [6.45, 7) is 5.15. The summed E-state index contributed by atoms with van der Waals surface area (Å²) in [7, 11) is -3.66. The van der Waals surface area contributed by atoms with Crippen LogP contribution in [-0.2, 0) is 14.8 Å². The van der Waals surface area contributed by atoms with E-state index in [0.29, 0.717) is 0 Å². The molecule has 5 nitrogen and oxygen atoms in total. The first kappa shape index (κ1) is 14.7. The average Bonchev–Trinajstić information content (AvgIpc) is 2.13. The second-order valence-electron chi connectivity index (χ2n) is 4.44. The Hall–Kier alpha value is -1.40. The molecule has 0 bridgehead atoms.